The lowest BCUT2D eigenvalue weighted by Crippen LogP contribution is -1.95. The molecule has 1 aromatic rings. The lowest BCUT2D eigenvalue weighted by atomic mass is 10.0. The van der Waals surface area contributed by atoms with E-state index in [9.17, 15) is 9.90 Å². The molecule has 0 heterocycles. The van der Waals surface area contributed by atoms with Crippen molar-refractivity contribution in [3.05, 3.63) is 22.8 Å². The number of phenolic OH excluding ortho intramolecular Hbond substituents is 1. The van der Waals surface area contributed by atoms with Crippen molar-refractivity contribution in [1.82, 2.24) is 0 Å². The number of fused-ring (bicyclic) bond motifs is 1. The summed E-state index contributed by atoms with van der Waals surface area (Å²) in [6, 6.07) is 1.82. The largest absolute Gasteiger partial charge is 0.504 e. The first-order chi connectivity index (χ1) is 6.77. The first-order valence-electron chi connectivity index (χ1n) is 4.64. The minimum atomic E-state index is -0.0249. The highest BCUT2D eigenvalue weighted by atomic mass is 16.5. The van der Waals surface area contributed by atoms with Crippen LogP contribution in [0.4, 0.5) is 0 Å². The maximum Gasteiger partial charge on any atom is 0.168 e. The van der Waals surface area contributed by atoms with Crippen molar-refractivity contribution in [1.29, 1.82) is 0 Å². The van der Waals surface area contributed by atoms with Crippen LogP contribution in [0, 0.1) is 0 Å². The van der Waals surface area contributed by atoms with E-state index >= 15 is 0 Å². The van der Waals surface area contributed by atoms with Gasteiger partial charge >= 0.3 is 0 Å². The number of phenols is 1. The van der Waals surface area contributed by atoms with Crippen molar-refractivity contribution in [2.24, 2.45) is 0 Å². The summed E-state index contributed by atoms with van der Waals surface area (Å²) in [6.45, 7) is 0. The zero-order chi connectivity index (χ0) is 10.1. The average molecular weight is 192 g/mol. The zero-order valence-corrected chi connectivity index (χ0v) is 8.04. The Morgan fingerprint density at radius 1 is 1.50 bits per heavy atom. The van der Waals surface area contributed by atoms with Gasteiger partial charge in [-0.2, -0.15) is 0 Å². The lowest BCUT2D eigenvalue weighted by Gasteiger charge is -2.09. The Bertz CT molecular complexity index is 382. The Labute approximate surface area is 82.3 Å². The minimum absolute atomic E-state index is 0.0249. The highest BCUT2D eigenvalue weighted by Crippen LogP contribution is 2.37. The Balaban J connectivity index is 2.66. The minimum Gasteiger partial charge on any atom is -0.504 e. The molecule has 0 atom stereocenters. The molecule has 0 amide bonds. The fourth-order valence-corrected chi connectivity index (χ4v) is 2.02. The zero-order valence-electron chi connectivity index (χ0n) is 8.04. The predicted octanol–water partition coefficient (Wildman–Crippen LogP) is 1.70. The second-order valence-corrected chi connectivity index (χ2v) is 3.45. The van der Waals surface area contributed by atoms with Gasteiger partial charge in [-0.1, -0.05) is 0 Å². The van der Waals surface area contributed by atoms with Gasteiger partial charge in [-0.15, -0.1) is 0 Å². The normalized spacial score (nSPS) is 13.8. The van der Waals surface area contributed by atoms with Gasteiger partial charge in [-0.25, -0.2) is 0 Å². The Hall–Kier alpha value is -1.51. The van der Waals surface area contributed by atoms with Crippen LogP contribution in [-0.2, 0) is 12.8 Å². The van der Waals surface area contributed by atoms with E-state index in [1.165, 1.54) is 7.11 Å². The van der Waals surface area contributed by atoms with E-state index in [1.54, 1.807) is 0 Å². The molecule has 14 heavy (non-hydrogen) atoms. The highest BCUT2D eigenvalue weighted by Gasteiger charge is 2.20. The second-order valence-electron chi connectivity index (χ2n) is 3.45. The highest BCUT2D eigenvalue weighted by molar-refractivity contribution is 5.84. The molecule has 3 nitrogen and oxygen atoms in total. The predicted molar refractivity (Wildman–Crippen MR) is 52.1 cm³/mol. The first-order valence-corrected chi connectivity index (χ1v) is 4.64. The van der Waals surface area contributed by atoms with Crippen LogP contribution in [0.1, 0.15) is 27.9 Å². The average Bonchev–Trinajstić information content (AvgIpc) is 2.64. The Morgan fingerprint density at radius 3 is 2.93 bits per heavy atom. The quantitative estimate of drug-likeness (QED) is 0.725. The van der Waals surface area contributed by atoms with Gasteiger partial charge in [0.15, 0.2) is 17.8 Å². The monoisotopic (exact) mass is 192 g/mol. The molecule has 74 valence electrons. The number of benzene rings is 1. The fourth-order valence-electron chi connectivity index (χ4n) is 2.02. The Kier molecular flexibility index (Phi) is 2.15. The summed E-state index contributed by atoms with van der Waals surface area (Å²) in [5, 5.41) is 9.70. The molecule has 1 aliphatic carbocycles. The van der Waals surface area contributed by atoms with E-state index < -0.39 is 0 Å². The third-order valence-electron chi connectivity index (χ3n) is 2.72. The van der Waals surface area contributed by atoms with E-state index in [0.717, 1.165) is 30.4 Å². The van der Waals surface area contributed by atoms with E-state index in [2.05, 4.69) is 0 Å². The summed E-state index contributed by atoms with van der Waals surface area (Å²) in [4.78, 5) is 10.8. The van der Waals surface area contributed by atoms with Gasteiger partial charge < -0.3 is 9.84 Å². The molecule has 0 saturated carbocycles. The Morgan fingerprint density at radius 2 is 2.29 bits per heavy atom. The molecular formula is C11H12O3. The third-order valence-corrected chi connectivity index (χ3v) is 2.72. The van der Waals surface area contributed by atoms with Crippen LogP contribution in [0.15, 0.2) is 6.07 Å². The molecule has 1 N–H and O–H groups in total. The van der Waals surface area contributed by atoms with Crippen molar-refractivity contribution in [2.45, 2.75) is 19.3 Å². The van der Waals surface area contributed by atoms with Gasteiger partial charge in [0.1, 0.15) is 0 Å². The van der Waals surface area contributed by atoms with Gasteiger partial charge in [0, 0.05) is 0 Å². The molecule has 0 spiro atoms. The number of aromatic hydroxyl groups is 1. The number of rotatable bonds is 2. The van der Waals surface area contributed by atoms with Crippen molar-refractivity contribution in [3.8, 4) is 11.5 Å². The van der Waals surface area contributed by atoms with Crippen LogP contribution in [0.25, 0.3) is 0 Å². The number of carbonyl (C=O) groups is 1. The van der Waals surface area contributed by atoms with Crippen LogP contribution in [0.3, 0.4) is 0 Å². The summed E-state index contributed by atoms with van der Waals surface area (Å²) in [5.74, 6) is 0.371. The first kappa shape index (κ1) is 9.06. The molecule has 0 fully saturated rings. The number of ether oxygens (including phenoxy) is 1. The van der Waals surface area contributed by atoms with Gasteiger partial charge in [-0.05, 0) is 36.5 Å². The molecule has 1 aliphatic rings. The smallest absolute Gasteiger partial charge is 0.168 e. The van der Waals surface area contributed by atoms with Gasteiger partial charge in [-0.3, -0.25) is 4.79 Å². The van der Waals surface area contributed by atoms with Gasteiger partial charge in [0.25, 0.3) is 0 Å². The maximum atomic E-state index is 10.8. The molecule has 3 heteroatoms. The molecule has 0 aliphatic heterocycles. The van der Waals surface area contributed by atoms with Crippen LogP contribution >= 0.6 is 0 Å². The third kappa shape index (κ3) is 1.16. The van der Waals surface area contributed by atoms with Crippen molar-refractivity contribution < 1.29 is 14.6 Å². The molecule has 1 aromatic carbocycles. The van der Waals surface area contributed by atoms with Crippen molar-refractivity contribution in [2.75, 3.05) is 7.11 Å². The number of methoxy groups -OCH3 is 1. The van der Waals surface area contributed by atoms with E-state index in [-0.39, 0.29) is 5.75 Å². The molecule has 0 saturated heterocycles. The number of carbonyl (C=O) groups excluding carboxylic acids is 1. The van der Waals surface area contributed by atoms with Crippen molar-refractivity contribution in [3.63, 3.8) is 0 Å². The molecule has 0 radical (unpaired) electrons. The number of hydrogen-bond donors (Lipinski definition) is 1. The summed E-state index contributed by atoms with van der Waals surface area (Å²) in [5.41, 5.74) is 2.51. The molecule has 2 rings (SSSR count). The van der Waals surface area contributed by atoms with E-state index in [4.69, 9.17) is 4.74 Å². The standard InChI is InChI=1S/C11H12O3/c1-14-10-5-7-3-2-4-8(7)9(6-12)11(10)13/h5-6,13H,2-4H2,1H3. The summed E-state index contributed by atoms with van der Waals surface area (Å²) >= 11 is 0. The second kappa shape index (κ2) is 3.33. The molecule has 0 aromatic heterocycles. The van der Waals surface area contributed by atoms with E-state index in [1.807, 2.05) is 6.07 Å². The fraction of sp³-hybridized carbons (Fsp3) is 0.364. The van der Waals surface area contributed by atoms with Crippen LogP contribution < -0.4 is 4.74 Å². The van der Waals surface area contributed by atoms with E-state index in [0.29, 0.717) is 17.6 Å². The van der Waals surface area contributed by atoms with Crippen LogP contribution in [0.5, 0.6) is 11.5 Å². The number of aldehydes is 1. The molecule has 0 bridgehead atoms. The SMILES string of the molecule is COc1cc2c(c(C=O)c1O)CCC2. The number of aryl methyl sites for hydroxylation is 1. The van der Waals surface area contributed by atoms with Gasteiger partial charge in [0.05, 0.1) is 12.7 Å². The summed E-state index contributed by atoms with van der Waals surface area (Å²) in [7, 11) is 1.49. The van der Waals surface area contributed by atoms with Crippen LogP contribution in [-0.4, -0.2) is 18.5 Å². The maximum absolute atomic E-state index is 10.8. The van der Waals surface area contributed by atoms with Crippen LogP contribution in [0.2, 0.25) is 0 Å². The summed E-state index contributed by atoms with van der Waals surface area (Å²) in [6.07, 6.45) is 3.60. The molecule has 0 unspecified atom stereocenters. The topological polar surface area (TPSA) is 46.5 Å². The summed E-state index contributed by atoms with van der Waals surface area (Å²) < 4.78 is 5.00. The van der Waals surface area contributed by atoms with Gasteiger partial charge in [0.2, 0.25) is 0 Å². The number of hydrogen-bond acceptors (Lipinski definition) is 3. The van der Waals surface area contributed by atoms with Crippen molar-refractivity contribution >= 4 is 6.29 Å². The molecular weight excluding hydrogens is 180 g/mol. The lowest BCUT2D eigenvalue weighted by molar-refractivity contribution is 0.111.